The van der Waals surface area contributed by atoms with Crippen LogP contribution in [-0.4, -0.2) is 47.7 Å². The minimum atomic E-state index is -1.32. The van der Waals surface area contributed by atoms with Crippen LogP contribution in [0.3, 0.4) is 0 Å². The molecule has 1 rings (SSSR count). The van der Waals surface area contributed by atoms with Crippen molar-refractivity contribution >= 4 is 34.7 Å². The Bertz CT molecular complexity index is 425. The predicted octanol–water partition coefficient (Wildman–Crippen LogP) is -0.824. The van der Waals surface area contributed by atoms with E-state index in [-0.39, 0.29) is 11.4 Å². The van der Waals surface area contributed by atoms with Crippen molar-refractivity contribution in [1.29, 1.82) is 0 Å². The van der Waals surface area contributed by atoms with Gasteiger partial charge in [0.2, 0.25) is 0 Å². The van der Waals surface area contributed by atoms with E-state index in [9.17, 15) is 14.4 Å². The number of pyridine rings is 1. The van der Waals surface area contributed by atoms with E-state index in [0.29, 0.717) is 22.8 Å². The summed E-state index contributed by atoms with van der Waals surface area (Å²) in [4.78, 5) is 32.2. The van der Waals surface area contributed by atoms with Crippen molar-refractivity contribution in [2.75, 3.05) is 0 Å². The minimum absolute atomic E-state index is 0.312. The Morgan fingerprint density at radius 2 is 1.50 bits per heavy atom. The van der Waals surface area contributed by atoms with Gasteiger partial charge in [-0.2, -0.15) is 0 Å². The summed E-state index contributed by atoms with van der Waals surface area (Å²) in [5, 5.41) is 17.3. The second-order valence-corrected chi connectivity index (χ2v) is 3.68. The zero-order chi connectivity index (χ0) is 10.9. The third-order valence-electron chi connectivity index (χ3n) is 1.48. The molecule has 0 aliphatic rings. The van der Waals surface area contributed by atoms with Gasteiger partial charge in [0.1, 0.15) is 0 Å². The maximum absolute atomic E-state index is 10.9. The van der Waals surface area contributed by atoms with Crippen molar-refractivity contribution < 1.29 is 19.8 Å². The summed E-state index contributed by atoms with van der Waals surface area (Å²) in [5.74, 6) is -2.64. The average Bonchev–Trinajstić information content (AvgIpc) is 2.07. The molecule has 71 valence electrons. The summed E-state index contributed by atoms with van der Waals surface area (Å²) < 4.78 is 1.03. The van der Waals surface area contributed by atoms with E-state index in [1.54, 1.807) is 0 Å². The van der Waals surface area contributed by atoms with Crippen LogP contribution < -0.4 is 5.43 Å². The third kappa shape index (κ3) is 1.95. The molecule has 0 aliphatic heterocycles. The van der Waals surface area contributed by atoms with E-state index in [1.165, 1.54) is 0 Å². The second-order valence-electron chi connectivity index (χ2n) is 2.41. The van der Waals surface area contributed by atoms with Gasteiger partial charge in [0.25, 0.3) is 0 Å². The molecule has 6 nitrogen and oxygen atoms in total. The van der Waals surface area contributed by atoms with Crippen LogP contribution in [0.15, 0.2) is 16.9 Å². The van der Waals surface area contributed by atoms with E-state index in [2.05, 4.69) is 0 Å². The van der Waals surface area contributed by atoms with Crippen molar-refractivity contribution in [2.45, 2.75) is 0 Å². The van der Waals surface area contributed by atoms with Crippen LogP contribution in [0.25, 0.3) is 0 Å². The van der Waals surface area contributed by atoms with Crippen LogP contribution in [0.4, 0.5) is 0 Å². The van der Waals surface area contributed by atoms with Gasteiger partial charge in [-0.15, -0.1) is 0 Å². The second kappa shape index (κ2) is 3.82. The molecule has 0 bridgehead atoms. The molecule has 7 heteroatoms. The monoisotopic (exact) mass is 302 g/mol. The molecule has 3 radical (unpaired) electrons. The normalized spacial score (nSPS) is 9.79. The van der Waals surface area contributed by atoms with Gasteiger partial charge in [-0.25, -0.2) is 0 Å². The number of nitrogens with zero attached hydrogens (tertiary/aromatic N) is 1. The van der Waals surface area contributed by atoms with Crippen molar-refractivity contribution in [2.24, 2.45) is 0 Å². The molecule has 1 aromatic heterocycles. The molecule has 14 heavy (non-hydrogen) atoms. The van der Waals surface area contributed by atoms with Gasteiger partial charge in [-0.1, -0.05) is 0 Å². The molecule has 0 unspecified atom stereocenters. The maximum atomic E-state index is 10.9. The molecule has 0 saturated heterocycles. The van der Waals surface area contributed by atoms with Gasteiger partial charge in [-0.05, 0) is 0 Å². The zero-order valence-electron chi connectivity index (χ0n) is 6.72. The topological polar surface area (TPSA) is 96.6 Å². The van der Waals surface area contributed by atoms with Crippen molar-refractivity contribution in [3.63, 3.8) is 0 Å². The van der Waals surface area contributed by atoms with Gasteiger partial charge in [0.05, 0.1) is 0 Å². The number of carbonyl (C=O) groups is 2. The molecule has 0 spiro atoms. The Hall–Kier alpha value is -1.31. The van der Waals surface area contributed by atoms with Gasteiger partial charge < -0.3 is 0 Å². The summed E-state index contributed by atoms with van der Waals surface area (Å²) in [7, 11) is 0. The molecule has 0 fully saturated rings. The Morgan fingerprint density at radius 3 is 1.79 bits per heavy atom. The molecular formula is C7H4NO5Sn. The fraction of sp³-hybridized carbons (Fsp3) is 0. The summed E-state index contributed by atoms with van der Waals surface area (Å²) in [5.41, 5.74) is -1.25. The molecule has 1 heterocycles. The van der Waals surface area contributed by atoms with E-state index in [1.807, 2.05) is 0 Å². The average molecular weight is 301 g/mol. The quantitative estimate of drug-likeness (QED) is 0.695. The fourth-order valence-electron chi connectivity index (χ4n) is 0.885. The number of carboxylic acid groups (broad SMARTS) is 2. The standard InChI is InChI=1S/C7H5NO5.Sn/c9-3-1-4(6(10)11)8-5(2-3)7(12)13;/h1-2H,(H3,8,9,10,11,12,13);/q;+1/p-1. The first kappa shape index (κ1) is 10.8. The molecule has 0 amide bonds. The van der Waals surface area contributed by atoms with Crippen LogP contribution >= 0.6 is 0 Å². The first-order valence-corrected chi connectivity index (χ1v) is 4.66. The van der Waals surface area contributed by atoms with Crippen LogP contribution in [0, 0.1) is 0 Å². The van der Waals surface area contributed by atoms with Crippen LogP contribution in [0.1, 0.15) is 21.0 Å². The predicted molar refractivity (Wildman–Crippen MR) is 45.8 cm³/mol. The van der Waals surface area contributed by atoms with Gasteiger partial charge in [-0.3, -0.25) is 0 Å². The third-order valence-corrected chi connectivity index (χ3v) is 2.85. The van der Waals surface area contributed by atoms with Gasteiger partial charge >= 0.3 is 91.1 Å². The number of rotatable bonds is 2. The van der Waals surface area contributed by atoms with E-state index < -0.39 is 17.4 Å². The first-order chi connectivity index (χ1) is 6.43. The van der Waals surface area contributed by atoms with E-state index in [0.717, 1.165) is 14.9 Å². The van der Waals surface area contributed by atoms with Crippen molar-refractivity contribution in [3.05, 3.63) is 33.7 Å². The molecule has 0 aliphatic carbocycles. The molecule has 1 aromatic rings. The Balaban J connectivity index is 3.56. The van der Waals surface area contributed by atoms with Gasteiger partial charge in [0, 0.05) is 0 Å². The summed E-state index contributed by atoms with van der Waals surface area (Å²) in [6.07, 6.45) is 0. The number of carboxylic acids is 2. The van der Waals surface area contributed by atoms with Crippen LogP contribution in [0.5, 0.6) is 0 Å². The number of hydrogen-bond donors (Lipinski definition) is 2. The Kier molecular flexibility index (Phi) is 2.94. The summed E-state index contributed by atoms with van der Waals surface area (Å²) in [6.45, 7) is 0. The fourth-order valence-corrected chi connectivity index (χ4v) is 1.80. The molecule has 0 saturated carbocycles. The Labute approximate surface area is 91.2 Å². The molecule has 0 atom stereocenters. The van der Waals surface area contributed by atoms with Gasteiger partial charge in [0.15, 0.2) is 0 Å². The Morgan fingerprint density at radius 1 is 1.14 bits per heavy atom. The molecule has 0 aromatic carbocycles. The summed E-state index contributed by atoms with van der Waals surface area (Å²) in [6, 6.07) is 1.78. The van der Waals surface area contributed by atoms with Crippen LogP contribution in [0.2, 0.25) is 0 Å². The number of aromatic carboxylic acids is 2. The van der Waals surface area contributed by atoms with Crippen molar-refractivity contribution in [3.8, 4) is 0 Å². The number of hydrogen-bond acceptors (Lipinski definition) is 3. The molecular weight excluding hydrogens is 297 g/mol. The number of aromatic nitrogens is 1. The SMILES string of the molecule is O=C(O)c1cc(=O)cc(C(=O)O)[n]1[Sn]. The molecule has 2 N–H and O–H groups in total. The summed E-state index contributed by atoms with van der Waals surface area (Å²) >= 11 is 0.568. The zero-order valence-corrected chi connectivity index (χ0v) is 9.58. The van der Waals surface area contributed by atoms with E-state index >= 15 is 0 Å². The first-order valence-electron chi connectivity index (χ1n) is 3.39. The van der Waals surface area contributed by atoms with Crippen molar-refractivity contribution in [1.82, 2.24) is 2.79 Å². The van der Waals surface area contributed by atoms with E-state index in [4.69, 9.17) is 10.2 Å². The van der Waals surface area contributed by atoms with Crippen LogP contribution in [-0.2, 0) is 0 Å².